The maximum absolute atomic E-state index is 11.8. The molecule has 0 aromatic carbocycles. The molecule has 4 nitrogen and oxygen atoms in total. The van der Waals surface area contributed by atoms with Crippen LogP contribution in [0.1, 0.15) is 27.2 Å². The molecule has 0 heterocycles. The molecule has 98 valence electrons. The van der Waals surface area contributed by atoms with Crippen molar-refractivity contribution >= 4 is 9.84 Å². The van der Waals surface area contributed by atoms with Crippen LogP contribution in [0.2, 0.25) is 0 Å². The van der Waals surface area contributed by atoms with Crippen molar-refractivity contribution in [2.45, 2.75) is 32.4 Å². The molecule has 0 bridgehead atoms. The minimum atomic E-state index is -2.97. The number of ether oxygens (including phenoxy) is 1. The van der Waals surface area contributed by atoms with Crippen LogP contribution >= 0.6 is 0 Å². The molecule has 0 saturated heterocycles. The summed E-state index contributed by atoms with van der Waals surface area (Å²) in [5, 5.41) is 2.85. The Labute approximate surface area is 99.7 Å². The van der Waals surface area contributed by atoms with Gasteiger partial charge in [0.1, 0.15) is 0 Å². The van der Waals surface area contributed by atoms with Crippen molar-refractivity contribution in [2.24, 2.45) is 5.92 Å². The molecule has 0 aliphatic heterocycles. The zero-order valence-electron chi connectivity index (χ0n) is 10.8. The third-order valence-electron chi connectivity index (χ3n) is 2.37. The van der Waals surface area contributed by atoms with Crippen LogP contribution in [-0.2, 0) is 14.6 Å². The predicted molar refractivity (Wildman–Crippen MR) is 67.4 cm³/mol. The van der Waals surface area contributed by atoms with Gasteiger partial charge in [0.25, 0.3) is 0 Å². The van der Waals surface area contributed by atoms with Gasteiger partial charge in [-0.1, -0.05) is 13.8 Å². The van der Waals surface area contributed by atoms with Crippen LogP contribution in [-0.4, -0.2) is 46.2 Å². The highest BCUT2D eigenvalue weighted by Gasteiger charge is 2.19. The van der Waals surface area contributed by atoms with Gasteiger partial charge in [0.15, 0.2) is 9.84 Å². The molecule has 0 saturated carbocycles. The van der Waals surface area contributed by atoms with Gasteiger partial charge in [0, 0.05) is 20.3 Å². The van der Waals surface area contributed by atoms with Gasteiger partial charge < -0.3 is 10.1 Å². The van der Waals surface area contributed by atoms with Crippen LogP contribution in [0.5, 0.6) is 0 Å². The first kappa shape index (κ1) is 15.9. The molecule has 0 amide bonds. The van der Waals surface area contributed by atoms with E-state index in [1.165, 1.54) is 0 Å². The van der Waals surface area contributed by atoms with Gasteiger partial charge in [-0.25, -0.2) is 8.42 Å². The summed E-state index contributed by atoms with van der Waals surface area (Å²) >= 11 is 0. The van der Waals surface area contributed by atoms with Crippen LogP contribution in [0.3, 0.4) is 0 Å². The van der Waals surface area contributed by atoms with Crippen molar-refractivity contribution in [1.82, 2.24) is 5.32 Å². The lowest BCUT2D eigenvalue weighted by atomic mass is 10.2. The Kier molecular flexibility index (Phi) is 7.97. The normalized spacial score (nSPS) is 14.3. The molecule has 0 aliphatic rings. The molecule has 0 radical (unpaired) electrons. The summed E-state index contributed by atoms with van der Waals surface area (Å²) in [5.41, 5.74) is 0. The summed E-state index contributed by atoms with van der Waals surface area (Å²) in [5.74, 6) is 0.758. The Balaban J connectivity index is 3.90. The van der Waals surface area contributed by atoms with Crippen LogP contribution in [0, 0.1) is 5.92 Å². The third-order valence-corrected chi connectivity index (χ3v) is 4.63. The number of rotatable bonds is 9. The highest BCUT2D eigenvalue weighted by atomic mass is 32.2. The fourth-order valence-electron chi connectivity index (χ4n) is 1.31. The standard InChI is InChI=1S/C11H25NO3S/c1-10(2)8-12-9-11(3)16(13,14)7-5-6-15-4/h10-12H,5-9H2,1-4H3. The monoisotopic (exact) mass is 251 g/mol. The molecule has 0 fully saturated rings. The SMILES string of the molecule is COCCCS(=O)(=O)C(C)CNCC(C)C. The Bertz CT molecular complexity index is 262. The molecule has 16 heavy (non-hydrogen) atoms. The lowest BCUT2D eigenvalue weighted by Crippen LogP contribution is -2.34. The Morgan fingerprint density at radius 1 is 1.19 bits per heavy atom. The fourth-order valence-corrected chi connectivity index (χ4v) is 2.60. The first-order valence-electron chi connectivity index (χ1n) is 5.81. The fraction of sp³-hybridized carbons (Fsp3) is 1.00. The van der Waals surface area contributed by atoms with Crippen LogP contribution in [0.25, 0.3) is 0 Å². The van der Waals surface area contributed by atoms with E-state index in [0.29, 0.717) is 25.5 Å². The van der Waals surface area contributed by atoms with Gasteiger partial charge in [-0.2, -0.15) is 0 Å². The molecule has 0 rings (SSSR count). The number of hydrogen-bond donors (Lipinski definition) is 1. The highest BCUT2D eigenvalue weighted by molar-refractivity contribution is 7.92. The Morgan fingerprint density at radius 3 is 2.31 bits per heavy atom. The maximum atomic E-state index is 11.8. The molecule has 5 heteroatoms. The van der Waals surface area contributed by atoms with E-state index in [0.717, 1.165) is 6.54 Å². The molecular weight excluding hydrogens is 226 g/mol. The van der Waals surface area contributed by atoms with Gasteiger partial charge in [-0.3, -0.25) is 0 Å². The van der Waals surface area contributed by atoms with Gasteiger partial charge in [-0.15, -0.1) is 0 Å². The van der Waals surface area contributed by atoms with Crippen molar-refractivity contribution in [3.05, 3.63) is 0 Å². The van der Waals surface area contributed by atoms with E-state index in [1.54, 1.807) is 14.0 Å². The molecule has 0 aliphatic carbocycles. The topological polar surface area (TPSA) is 55.4 Å². The number of methoxy groups -OCH3 is 1. The van der Waals surface area contributed by atoms with E-state index in [9.17, 15) is 8.42 Å². The Hall–Kier alpha value is -0.130. The number of nitrogens with one attached hydrogen (secondary N) is 1. The first-order valence-corrected chi connectivity index (χ1v) is 7.53. The van der Waals surface area contributed by atoms with Crippen molar-refractivity contribution in [1.29, 1.82) is 0 Å². The Morgan fingerprint density at radius 2 is 1.81 bits per heavy atom. The lowest BCUT2D eigenvalue weighted by Gasteiger charge is -2.14. The van der Waals surface area contributed by atoms with E-state index in [-0.39, 0.29) is 11.0 Å². The van der Waals surface area contributed by atoms with Gasteiger partial charge in [0.2, 0.25) is 0 Å². The smallest absolute Gasteiger partial charge is 0.154 e. The molecule has 0 aromatic rings. The summed E-state index contributed by atoms with van der Waals surface area (Å²) in [6, 6.07) is 0. The minimum absolute atomic E-state index is 0.214. The van der Waals surface area contributed by atoms with Gasteiger partial charge in [-0.05, 0) is 25.8 Å². The minimum Gasteiger partial charge on any atom is -0.385 e. The van der Waals surface area contributed by atoms with E-state index in [1.807, 2.05) is 0 Å². The van der Waals surface area contributed by atoms with Gasteiger partial charge >= 0.3 is 0 Å². The zero-order chi connectivity index (χ0) is 12.6. The van der Waals surface area contributed by atoms with Crippen molar-refractivity contribution in [3.63, 3.8) is 0 Å². The lowest BCUT2D eigenvalue weighted by molar-refractivity contribution is 0.199. The van der Waals surface area contributed by atoms with E-state index in [2.05, 4.69) is 19.2 Å². The average Bonchev–Trinajstić information content (AvgIpc) is 2.17. The molecule has 1 atom stereocenters. The molecular formula is C11H25NO3S. The molecule has 0 aromatic heterocycles. The molecule has 0 spiro atoms. The molecule has 1 unspecified atom stereocenters. The number of hydrogen-bond acceptors (Lipinski definition) is 4. The second-order valence-corrected chi connectivity index (χ2v) is 7.11. The van der Waals surface area contributed by atoms with E-state index < -0.39 is 9.84 Å². The van der Waals surface area contributed by atoms with Crippen molar-refractivity contribution in [2.75, 3.05) is 32.6 Å². The first-order chi connectivity index (χ1) is 7.40. The van der Waals surface area contributed by atoms with Crippen LogP contribution in [0.15, 0.2) is 0 Å². The summed E-state index contributed by atoms with van der Waals surface area (Å²) in [6.07, 6.45) is 0.577. The van der Waals surface area contributed by atoms with Crippen molar-refractivity contribution in [3.8, 4) is 0 Å². The number of sulfone groups is 1. The summed E-state index contributed by atoms with van der Waals surface area (Å²) in [6.45, 7) is 7.86. The zero-order valence-corrected chi connectivity index (χ0v) is 11.6. The summed E-state index contributed by atoms with van der Waals surface area (Å²) in [4.78, 5) is 0. The maximum Gasteiger partial charge on any atom is 0.154 e. The summed E-state index contributed by atoms with van der Waals surface area (Å²) < 4.78 is 28.4. The quantitative estimate of drug-likeness (QED) is 0.623. The highest BCUT2D eigenvalue weighted by Crippen LogP contribution is 2.03. The summed E-state index contributed by atoms with van der Waals surface area (Å²) in [7, 11) is -1.39. The van der Waals surface area contributed by atoms with Crippen LogP contribution in [0.4, 0.5) is 0 Å². The average molecular weight is 251 g/mol. The van der Waals surface area contributed by atoms with E-state index >= 15 is 0 Å². The predicted octanol–water partition coefficient (Wildman–Crippen LogP) is 1.07. The van der Waals surface area contributed by atoms with Crippen molar-refractivity contribution < 1.29 is 13.2 Å². The third kappa shape index (κ3) is 7.19. The largest absolute Gasteiger partial charge is 0.385 e. The molecule has 1 N–H and O–H groups in total. The van der Waals surface area contributed by atoms with E-state index in [4.69, 9.17) is 4.74 Å². The van der Waals surface area contributed by atoms with Crippen LogP contribution < -0.4 is 5.32 Å². The second-order valence-electron chi connectivity index (χ2n) is 4.58. The second kappa shape index (κ2) is 8.03. The van der Waals surface area contributed by atoms with Gasteiger partial charge in [0.05, 0.1) is 11.0 Å².